The van der Waals surface area contributed by atoms with Crippen LogP contribution in [0.15, 0.2) is 78.9 Å². The van der Waals surface area contributed by atoms with Crippen LogP contribution in [0.4, 0.5) is 21.9 Å². The number of hydrogen-bond acceptors (Lipinski definition) is 7. The molecule has 0 spiro atoms. The molecule has 0 saturated carbocycles. The van der Waals surface area contributed by atoms with Gasteiger partial charge in [-0.1, -0.05) is 38.1 Å². The lowest BCUT2D eigenvalue weighted by Gasteiger charge is -2.32. The lowest BCUT2D eigenvalue weighted by atomic mass is 9.82. The first-order valence-electron chi connectivity index (χ1n) is 11.3. The van der Waals surface area contributed by atoms with Crippen molar-refractivity contribution >= 4 is 29.1 Å². The molecule has 0 fully saturated rings. The smallest absolute Gasteiger partial charge is 0.412 e. The van der Waals surface area contributed by atoms with E-state index in [1.54, 1.807) is 80.6 Å². The van der Waals surface area contributed by atoms with Gasteiger partial charge in [-0.15, -0.1) is 0 Å². The van der Waals surface area contributed by atoms with Gasteiger partial charge in [0.15, 0.2) is 11.5 Å². The number of rotatable bonds is 8. The van der Waals surface area contributed by atoms with Crippen LogP contribution in [0.1, 0.15) is 31.1 Å². The van der Waals surface area contributed by atoms with Gasteiger partial charge in [0.05, 0.1) is 30.1 Å². The lowest BCUT2D eigenvalue weighted by Crippen LogP contribution is -2.28. The maximum Gasteiger partial charge on any atom is 0.412 e. The van der Waals surface area contributed by atoms with Crippen LogP contribution in [-0.2, 0) is 9.53 Å². The van der Waals surface area contributed by atoms with Gasteiger partial charge < -0.3 is 25.6 Å². The fourth-order valence-corrected chi connectivity index (χ4v) is 3.57. The molecule has 0 aromatic heterocycles. The van der Waals surface area contributed by atoms with E-state index in [4.69, 9.17) is 20.5 Å². The number of anilines is 3. The average Bonchev–Trinajstić information content (AvgIpc) is 2.88. The Kier molecular flexibility index (Phi) is 8.38. The fourth-order valence-electron chi connectivity index (χ4n) is 3.57. The first-order valence-corrected chi connectivity index (χ1v) is 11.3. The summed E-state index contributed by atoms with van der Waals surface area (Å²) in [6, 6.07) is 19.9. The number of aromatic hydroxyl groups is 1. The van der Waals surface area contributed by atoms with E-state index in [0.29, 0.717) is 28.2 Å². The number of carbonyl (C=O) groups is 2. The molecule has 37 heavy (non-hydrogen) atoms. The minimum Gasteiger partial charge on any atom is -0.504 e. The Morgan fingerprint density at radius 2 is 1.78 bits per heavy atom. The molecule has 0 unspecified atom stereocenters. The van der Waals surface area contributed by atoms with E-state index in [2.05, 4.69) is 10.6 Å². The minimum atomic E-state index is -0.909. The highest BCUT2D eigenvalue weighted by molar-refractivity contribution is 6.01. The summed E-state index contributed by atoms with van der Waals surface area (Å²) in [6.45, 7) is 3.57. The Hall–Kier alpha value is -4.97. The first-order chi connectivity index (χ1) is 17.6. The van der Waals surface area contributed by atoms with Gasteiger partial charge in [0.1, 0.15) is 6.10 Å². The van der Waals surface area contributed by atoms with Crippen molar-refractivity contribution in [1.29, 1.82) is 5.26 Å². The molecule has 0 saturated heterocycles. The van der Waals surface area contributed by atoms with Crippen molar-refractivity contribution in [2.75, 3.05) is 23.5 Å². The van der Waals surface area contributed by atoms with E-state index >= 15 is 0 Å². The maximum atomic E-state index is 12.8. The molecule has 3 aromatic rings. The molecule has 2 amide bonds. The topological polar surface area (TPSA) is 147 Å². The second kappa shape index (κ2) is 11.6. The van der Waals surface area contributed by atoms with E-state index in [9.17, 15) is 14.7 Å². The molecule has 0 aliphatic rings. The zero-order chi connectivity index (χ0) is 27.0. The Morgan fingerprint density at radius 3 is 2.41 bits per heavy atom. The number of phenolic OH excluding ortho intramolecular Hbond substituents is 1. The summed E-state index contributed by atoms with van der Waals surface area (Å²) in [6.07, 6.45) is 1.29. The molecule has 1 atom stereocenters. The molecule has 9 heteroatoms. The molecular formula is C28H28N4O5. The molecule has 0 bridgehead atoms. The summed E-state index contributed by atoms with van der Waals surface area (Å²) in [5, 5.41) is 24.6. The quantitative estimate of drug-likeness (QED) is 0.240. The molecule has 0 aliphatic carbocycles. The molecule has 0 heterocycles. The van der Waals surface area contributed by atoms with Crippen LogP contribution >= 0.6 is 0 Å². The van der Waals surface area contributed by atoms with Crippen LogP contribution in [0.25, 0.3) is 0 Å². The molecule has 9 nitrogen and oxygen atoms in total. The SMILES string of the molecule is COc1ccc([C@H](OC(=O)Nc2ccc(C#N)cc2)C(C)(C)/C=C/C(=O)Nc2ccccc2N)cc1O. The van der Waals surface area contributed by atoms with Gasteiger partial charge in [0, 0.05) is 11.1 Å². The summed E-state index contributed by atoms with van der Waals surface area (Å²) >= 11 is 0. The van der Waals surface area contributed by atoms with E-state index in [-0.39, 0.29) is 11.5 Å². The average molecular weight is 501 g/mol. The van der Waals surface area contributed by atoms with E-state index in [1.165, 1.54) is 19.3 Å². The lowest BCUT2D eigenvalue weighted by molar-refractivity contribution is -0.112. The van der Waals surface area contributed by atoms with Crippen molar-refractivity contribution in [3.8, 4) is 17.6 Å². The third-order valence-corrected chi connectivity index (χ3v) is 5.55. The van der Waals surface area contributed by atoms with E-state index in [1.807, 2.05) is 6.07 Å². The third kappa shape index (κ3) is 7.02. The molecule has 3 aromatic carbocycles. The van der Waals surface area contributed by atoms with E-state index < -0.39 is 23.5 Å². The normalized spacial score (nSPS) is 11.8. The minimum absolute atomic E-state index is 0.127. The Morgan fingerprint density at radius 1 is 1.08 bits per heavy atom. The number of para-hydroxylation sites is 2. The molecule has 190 valence electrons. The van der Waals surface area contributed by atoms with Crippen LogP contribution in [0.2, 0.25) is 0 Å². The fraction of sp³-hybridized carbons (Fsp3) is 0.179. The van der Waals surface area contributed by atoms with Gasteiger partial charge in [-0.05, 0) is 60.2 Å². The van der Waals surface area contributed by atoms with Crippen LogP contribution in [0.5, 0.6) is 11.5 Å². The largest absolute Gasteiger partial charge is 0.504 e. The molecular weight excluding hydrogens is 472 g/mol. The van der Waals surface area contributed by atoms with Crippen LogP contribution in [0.3, 0.4) is 0 Å². The number of benzene rings is 3. The molecule has 5 N–H and O–H groups in total. The van der Waals surface area contributed by atoms with Gasteiger partial charge in [0.25, 0.3) is 0 Å². The summed E-state index contributed by atoms with van der Waals surface area (Å²) in [7, 11) is 1.43. The number of phenols is 1. The van der Waals surface area contributed by atoms with Gasteiger partial charge in [-0.2, -0.15) is 5.26 Å². The number of nitrogens with zero attached hydrogens (tertiary/aromatic N) is 1. The van der Waals surface area contributed by atoms with Crippen molar-refractivity contribution in [2.45, 2.75) is 20.0 Å². The second-order valence-electron chi connectivity index (χ2n) is 8.76. The van der Waals surface area contributed by atoms with Crippen molar-refractivity contribution < 1.29 is 24.2 Å². The van der Waals surface area contributed by atoms with E-state index in [0.717, 1.165) is 0 Å². The van der Waals surface area contributed by atoms with Gasteiger partial charge >= 0.3 is 6.09 Å². The van der Waals surface area contributed by atoms with Crippen LogP contribution in [-0.4, -0.2) is 24.2 Å². The number of nitriles is 1. The van der Waals surface area contributed by atoms with Crippen molar-refractivity contribution in [3.63, 3.8) is 0 Å². The summed E-state index contributed by atoms with van der Waals surface area (Å²) in [5.74, 6) is -0.278. The molecule has 0 aliphatic heterocycles. The number of nitrogens with two attached hydrogens (primary N) is 1. The number of ether oxygens (including phenoxy) is 2. The summed E-state index contributed by atoms with van der Waals surface area (Å²) in [4.78, 5) is 25.4. The summed E-state index contributed by atoms with van der Waals surface area (Å²) in [5.41, 5.74) is 7.27. The van der Waals surface area contributed by atoms with Gasteiger partial charge in [-0.25, -0.2) is 4.79 Å². The predicted octanol–water partition coefficient (Wildman–Crippen LogP) is 5.37. The number of hydrogen-bond donors (Lipinski definition) is 4. The Bertz CT molecular complexity index is 1340. The highest BCUT2D eigenvalue weighted by Crippen LogP contribution is 2.41. The first kappa shape index (κ1) is 26.6. The van der Waals surface area contributed by atoms with Gasteiger partial charge in [-0.3, -0.25) is 10.1 Å². The molecule has 0 radical (unpaired) electrons. The van der Waals surface area contributed by atoms with Crippen molar-refractivity contribution in [2.24, 2.45) is 5.41 Å². The Balaban J connectivity index is 1.85. The maximum absolute atomic E-state index is 12.8. The highest BCUT2D eigenvalue weighted by atomic mass is 16.6. The monoisotopic (exact) mass is 500 g/mol. The number of methoxy groups -OCH3 is 1. The van der Waals surface area contributed by atoms with Crippen molar-refractivity contribution in [1.82, 2.24) is 0 Å². The Labute approximate surface area is 215 Å². The van der Waals surface area contributed by atoms with Crippen LogP contribution in [0, 0.1) is 16.7 Å². The van der Waals surface area contributed by atoms with Crippen molar-refractivity contribution in [3.05, 3.63) is 90.0 Å². The standard InChI is InChI=1S/C28H28N4O5/c1-28(2,15-14-25(34)32-22-7-5-4-6-21(22)30)26(19-10-13-24(36-3)23(33)16-19)37-27(35)31-20-11-8-18(17-29)9-12-20/h4-16,26,33H,30H2,1-3H3,(H,31,35)(H,32,34)/b15-14+/t26-/m0/s1. The number of nitrogens with one attached hydrogen (secondary N) is 2. The van der Waals surface area contributed by atoms with Crippen LogP contribution < -0.4 is 21.1 Å². The molecule has 3 rings (SSSR count). The zero-order valence-corrected chi connectivity index (χ0v) is 20.7. The number of carbonyl (C=O) groups excluding carboxylic acids is 2. The summed E-state index contributed by atoms with van der Waals surface area (Å²) < 4.78 is 10.9. The predicted molar refractivity (Wildman–Crippen MR) is 141 cm³/mol. The zero-order valence-electron chi connectivity index (χ0n) is 20.7. The number of nitrogen functional groups attached to an aromatic ring is 1. The third-order valence-electron chi connectivity index (χ3n) is 5.55. The highest BCUT2D eigenvalue weighted by Gasteiger charge is 2.33. The van der Waals surface area contributed by atoms with Gasteiger partial charge in [0.2, 0.25) is 5.91 Å². The second-order valence-corrected chi connectivity index (χ2v) is 8.76. The number of amides is 2.